The molecular weight excluding hydrogens is 216 g/mol. The standard InChI is InChI=1S/C14H18O3/c1-5-8-17-12-7-6-10(14(2,3)4)9-11(12)13(15)16/h5-7,9H,1,8H2,2-4H3,(H,15,16). The smallest absolute Gasteiger partial charge is 0.339 e. The predicted molar refractivity (Wildman–Crippen MR) is 67.8 cm³/mol. The van der Waals surface area contributed by atoms with E-state index in [4.69, 9.17) is 9.84 Å². The van der Waals surface area contributed by atoms with Crippen LogP contribution >= 0.6 is 0 Å². The Morgan fingerprint density at radius 1 is 1.47 bits per heavy atom. The highest BCUT2D eigenvalue weighted by Gasteiger charge is 2.18. The van der Waals surface area contributed by atoms with Gasteiger partial charge in [-0.05, 0) is 23.1 Å². The Labute approximate surface area is 102 Å². The lowest BCUT2D eigenvalue weighted by Gasteiger charge is -2.20. The molecule has 0 fully saturated rings. The molecular formula is C14H18O3. The van der Waals surface area contributed by atoms with Gasteiger partial charge in [0.2, 0.25) is 0 Å². The minimum atomic E-state index is -0.977. The van der Waals surface area contributed by atoms with Gasteiger partial charge in [0.25, 0.3) is 0 Å². The van der Waals surface area contributed by atoms with Crippen LogP contribution in [0.3, 0.4) is 0 Å². The second-order valence-corrected chi connectivity index (χ2v) is 4.87. The van der Waals surface area contributed by atoms with Crippen molar-refractivity contribution < 1.29 is 14.6 Å². The van der Waals surface area contributed by atoms with E-state index in [0.29, 0.717) is 12.4 Å². The van der Waals surface area contributed by atoms with Gasteiger partial charge in [-0.1, -0.05) is 39.5 Å². The number of hydrogen-bond acceptors (Lipinski definition) is 2. The molecule has 1 aromatic rings. The lowest BCUT2D eigenvalue weighted by Crippen LogP contribution is -2.13. The third kappa shape index (κ3) is 3.34. The number of carboxylic acids is 1. The first-order chi connectivity index (χ1) is 7.86. The molecule has 0 unspecified atom stereocenters. The molecule has 17 heavy (non-hydrogen) atoms. The van der Waals surface area contributed by atoms with E-state index in [2.05, 4.69) is 6.58 Å². The van der Waals surface area contributed by atoms with Crippen molar-refractivity contribution >= 4 is 5.97 Å². The molecule has 92 valence electrons. The number of ether oxygens (including phenoxy) is 1. The fraction of sp³-hybridized carbons (Fsp3) is 0.357. The Hall–Kier alpha value is -1.77. The summed E-state index contributed by atoms with van der Waals surface area (Å²) in [6, 6.07) is 5.26. The largest absolute Gasteiger partial charge is 0.489 e. The molecule has 0 saturated carbocycles. The van der Waals surface area contributed by atoms with Gasteiger partial charge in [-0.3, -0.25) is 0 Å². The first-order valence-corrected chi connectivity index (χ1v) is 5.48. The van der Waals surface area contributed by atoms with Crippen molar-refractivity contribution in [2.24, 2.45) is 0 Å². The number of carboxylic acid groups (broad SMARTS) is 1. The summed E-state index contributed by atoms with van der Waals surface area (Å²) < 4.78 is 5.32. The highest BCUT2D eigenvalue weighted by Crippen LogP contribution is 2.28. The van der Waals surface area contributed by atoms with E-state index in [1.165, 1.54) is 0 Å². The summed E-state index contributed by atoms with van der Waals surface area (Å²) in [5.74, 6) is -0.597. The van der Waals surface area contributed by atoms with Crippen LogP contribution < -0.4 is 4.74 Å². The molecule has 3 nitrogen and oxygen atoms in total. The van der Waals surface area contributed by atoms with E-state index in [1.807, 2.05) is 26.8 Å². The van der Waals surface area contributed by atoms with Crippen LogP contribution in [0, 0.1) is 0 Å². The summed E-state index contributed by atoms with van der Waals surface area (Å²) in [5.41, 5.74) is 1.08. The molecule has 0 atom stereocenters. The minimum absolute atomic E-state index is 0.0822. The van der Waals surface area contributed by atoms with Gasteiger partial charge in [-0.15, -0.1) is 0 Å². The van der Waals surface area contributed by atoms with Crippen molar-refractivity contribution in [1.82, 2.24) is 0 Å². The highest BCUT2D eigenvalue weighted by molar-refractivity contribution is 5.91. The molecule has 0 aliphatic rings. The molecule has 1 rings (SSSR count). The summed E-state index contributed by atoms with van der Waals surface area (Å²) in [5, 5.41) is 9.15. The normalized spacial score (nSPS) is 11.0. The van der Waals surface area contributed by atoms with Gasteiger partial charge < -0.3 is 9.84 Å². The van der Waals surface area contributed by atoms with E-state index in [9.17, 15) is 4.79 Å². The van der Waals surface area contributed by atoms with Crippen LogP contribution in [-0.4, -0.2) is 17.7 Å². The number of carbonyl (C=O) groups is 1. The predicted octanol–water partition coefficient (Wildman–Crippen LogP) is 3.25. The van der Waals surface area contributed by atoms with E-state index < -0.39 is 5.97 Å². The molecule has 1 N–H and O–H groups in total. The lowest BCUT2D eigenvalue weighted by molar-refractivity contribution is 0.0692. The quantitative estimate of drug-likeness (QED) is 0.813. The molecule has 0 aliphatic heterocycles. The Balaban J connectivity index is 3.17. The molecule has 1 aromatic carbocycles. The fourth-order valence-corrected chi connectivity index (χ4v) is 1.44. The Kier molecular flexibility index (Phi) is 3.94. The van der Waals surface area contributed by atoms with Gasteiger partial charge in [0.15, 0.2) is 0 Å². The van der Waals surface area contributed by atoms with Crippen LogP contribution in [0.5, 0.6) is 5.75 Å². The molecule has 0 heterocycles. The van der Waals surface area contributed by atoms with Gasteiger partial charge in [-0.2, -0.15) is 0 Å². The third-order valence-corrected chi connectivity index (χ3v) is 2.43. The zero-order valence-electron chi connectivity index (χ0n) is 10.5. The van der Waals surface area contributed by atoms with Crippen molar-refractivity contribution in [1.29, 1.82) is 0 Å². The Bertz CT molecular complexity index is 428. The first kappa shape index (κ1) is 13.3. The summed E-state index contributed by atoms with van der Waals surface area (Å²) >= 11 is 0. The molecule has 3 heteroatoms. The minimum Gasteiger partial charge on any atom is -0.489 e. The van der Waals surface area contributed by atoms with E-state index in [0.717, 1.165) is 5.56 Å². The summed E-state index contributed by atoms with van der Waals surface area (Å²) in [4.78, 5) is 11.2. The van der Waals surface area contributed by atoms with Crippen molar-refractivity contribution in [2.75, 3.05) is 6.61 Å². The molecule has 0 aliphatic carbocycles. The average molecular weight is 234 g/mol. The number of rotatable bonds is 4. The van der Waals surface area contributed by atoms with Crippen LogP contribution in [0.2, 0.25) is 0 Å². The van der Waals surface area contributed by atoms with Gasteiger partial charge in [0.1, 0.15) is 17.9 Å². The van der Waals surface area contributed by atoms with Crippen LogP contribution in [0.4, 0.5) is 0 Å². The number of aromatic carboxylic acids is 1. The van der Waals surface area contributed by atoms with Gasteiger partial charge in [-0.25, -0.2) is 4.79 Å². The average Bonchev–Trinajstić information content (AvgIpc) is 2.24. The molecule has 0 bridgehead atoms. The monoisotopic (exact) mass is 234 g/mol. The molecule has 0 spiro atoms. The van der Waals surface area contributed by atoms with Crippen LogP contribution in [0.25, 0.3) is 0 Å². The molecule has 0 radical (unpaired) electrons. The third-order valence-electron chi connectivity index (χ3n) is 2.43. The Morgan fingerprint density at radius 2 is 2.12 bits per heavy atom. The lowest BCUT2D eigenvalue weighted by atomic mass is 9.86. The second-order valence-electron chi connectivity index (χ2n) is 4.87. The van der Waals surface area contributed by atoms with Crippen molar-refractivity contribution in [3.8, 4) is 5.75 Å². The molecule has 0 amide bonds. The van der Waals surface area contributed by atoms with Crippen molar-refractivity contribution in [3.05, 3.63) is 42.0 Å². The highest BCUT2D eigenvalue weighted by atomic mass is 16.5. The second kappa shape index (κ2) is 5.04. The Morgan fingerprint density at radius 3 is 2.59 bits per heavy atom. The maximum absolute atomic E-state index is 11.2. The fourth-order valence-electron chi connectivity index (χ4n) is 1.44. The zero-order chi connectivity index (χ0) is 13.1. The number of benzene rings is 1. The topological polar surface area (TPSA) is 46.5 Å². The van der Waals surface area contributed by atoms with Gasteiger partial charge in [0.05, 0.1) is 0 Å². The first-order valence-electron chi connectivity index (χ1n) is 5.48. The van der Waals surface area contributed by atoms with E-state index >= 15 is 0 Å². The molecule has 0 aromatic heterocycles. The maximum atomic E-state index is 11.2. The van der Waals surface area contributed by atoms with Gasteiger partial charge >= 0.3 is 5.97 Å². The SMILES string of the molecule is C=CCOc1ccc(C(C)(C)C)cc1C(=O)O. The number of hydrogen-bond donors (Lipinski definition) is 1. The van der Waals surface area contributed by atoms with E-state index in [1.54, 1.807) is 18.2 Å². The van der Waals surface area contributed by atoms with Crippen LogP contribution in [0.15, 0.2) is 30.9 Å². The van der Waals surface area contributed by atoms with Crippen molar-refractivity contribution in [2.45, 2.75) is 26.2 Å². The van der Waals surface area contributed by atoms with Gasteiger partial charge in [0, 0.05) is 0 Å². The van der Waals surface area contributed by atoms with Crippen molar-refractivity contribution in [3.63, 3.8) is 0 Å². The molecule has 0 saturated heterocycles. The summed E-state index contributed by atoms with van der Waals surface area (Å²) in [6.45, 7) is 9.96. The zero-order valence-corrected chi connectivity index (χ0v) is 10.5. The van der Waals surface area contributed by atoms with Crippen LogP contribution in [0.1, 0.15) is 36.7 Å². The van der Waals surface area contributed by atoms with E-state index in [-0.39, 0.29) is 11.0 Å². The summed E-state index contributed by atoms with van der Waals surface area (Å²) in [6.07, 6.45) is 1.59. The summed E-state index contributed by atoms with van der Waals surface area (Å²) in [7, 11) is 0. The maximum Gasteiger partial charge on any atom is 0.339 e. The van der Waals surface area contributed by atoms with Crippen LogP contribution in [-0.2, 0) is 5.41 Å².